The molecule has 7 heteroatoms. The Kier molecular flexibility index (Phi) is 5.77. The number of sulfone groups is 1. The molecule has 1 rings (SSSR count). The van der Waals surface area contributed by atoms with Gasteiger partial charge in [-0.25, -0.2) is 8.42 Å². The van der Waals surface area contributed by atoms with E-state index in [1.807, 2.05) is 13.8 Å². The molecule has 0 heterocycles. The highest BCUT2D eigenvalue weighted by molar-refractivity contribution is 7.91. The molecule has 0 aliphatic heterocycles. The zero-order chi connectivity index (χ0) is 15.4. The number of benzene rings is 1. The van der Waals surface area contributed by atoms with Gasteiger partial charge in [-0.15, -0.1) is 11.6 Å². The third-order valence-electron chi connectivity index (χ3n) is 3.29. The number of alkyl halides is 3. The average molecular weight is 326 g/mol. The first kappa shape index (κ1) is 17.2. The molecule has 114 valence electrons. The van der Waals surface area contributed by atoms with Gasteiger partial charge >= 0.3 is 5.76 Å². The molecular weight excluding hydrogens is 308 g/mol. The Bertz CT molecular complexity index is 534. The second-order valence-corrected chi connectivity index (χ2v) is 7.10. The number of nitrogens with one attached hydrogen (secondary N) is 1. The normalized spacial score (nSPS) is 15.1. The molecule has 0 aromatic heterocycles. The fraction of sp³-hybridized carbons (Fsp3) is 0.538. The van der Waals surface area contributed by atoms with Crippen LogP contribution in [0, 0.1) is 0 Å². The van der Waals surface area contributed by atoms with Gasteiger partial charge in [0.15, 0.2) is 0 Å². The van der Waals surface area contributed by atoms with E-state index in [4.69, 9.17) is 11.6 Å². The summed E-state index contributed by atoms with van der Waals surface area (Å²) in [5.74, 6) is -2.91. The highest BCUT2D eigenvalue weighted by Crippen LogP contribution is 2.25. The zero-order valence-corrected chi connectivity index (χ0v) is 12.9. The molecule has 1 aromatic carbocycles. The Morgan fingerprint density at radius 3 is 2.25 bits per heavy atom. The van der Waals surface area contributed by atoms with Crippen molar-refractivity contribution in [2.75, 3.05) is 11.2 Å². The number of halogens is 3. The van der Waals surface area contributed by atoms with Crippen LogP contribution in [0.1, 0.15) is 26.7 Å². The predicted molar refractivity (Wildman–Crippen MR) is 77.3 cm³/mol. The van der Waals surface area contributed by atoms with Crippen LogP contribution in [0.3, 0.4) is 0 Å². The lowest BCUT2D eigenvalue weighted by Gasteiger charge is -2.30. The first-order chi connectivity index (χ1) is 9.25. The predicted octanol–water partition coefficient (Wildman–Crippen LogP) is 3.89. The molecule has 0 bridgehead atoms. The van der Waals surface area contributed by atoms with E-state index in [1.165, 1.54) is 24.3 Å². The Morgan fingerprint density at radius 2 is 1.85 bits per heavy atom. The average Bonchev–Trinajstić information content (AvgIpc) is 2.39. The van der Waals surface area contributed by atoms with Crippen LogP contribution in [0.4, 0.5) is 14.5 Å². The summed E-state index contributed by atoms with van der Waals surface area (Å²) >= 11 is 5.75. The monoisotopic (exact) mass is 325 g/mol. The Morgan fingerprint density at radius 1 is 1.30 bits per heavy atom. The molecule has 3 nitrogen and oxygen atoms in total. The second-order valence-electron chi connectivity index (χ2n) is 4.81. The zero-order valence-electron chi connectivity index (χ0n) is 11.4. The van der Waals surface area contributed by atoms with E-state index in [-0.39, 0.29) is 10.4 Å². The fourth-order valence-electron chi connectivity index (χ4n) is 1.72. The van der Waals surface area contributed by atoms with Crippen molar-refractivity contribution in [2.45, 2.75) is 42.9 Å². The third kappa shape index (κ3) is 4.06. The molecule has 1 N–H and O–H groups in total. The number of hydrogen-bond acceptors (Lipinski definition) is 3. The van der Waals surface area contributed by atoms with Crippen LogP contribution in [0.5, 0.6) is 0 Å². The summed E-state index contributed by atoms with van der Waals surface area (Å²) in [5.41, 5.74) is 0.456. The Hall–Kier alpha value is -0.880. The standard InChI is InChI=1S/C13H18ClF2NO2S/c1-3-13(2,8-9-14)17-10-4-6-11(7-5-10)20(18,19)12(15)16/h4-7,12,17H,3,8-9H2,1-2H3. The molecule has 20 heavy (non-hydrogen) atoms. The van der Waals surface area contributed by atoms with Crippen molar-refractivity contribution in [1.82, 2.24) is 0 Å². The van der Waals surface area contributed by atoms with Crippen molar-refractivity contribution in [1.29, 1.82) is 0 Å². The minimum Gasteiger partial charge on any atom is -0.380 e. The second kappa shape index (κ2) is 6.72. The molecule has 0 radical (unpaired) electrons. The van der Waals surface area contributed by atoms with Crippen molar-refractivity contribution in [3.63, 3.8) is 0 Å². The molecule has 0 spiro atoms. The smallest absolute Gasteiger partial charge is 0.341 e. The maximum Gasteiger partial charge on any atom is 0.341 e. The molecule has 0 aliphatic carbocycles. The van der Waals surface area contributed by atoms with Crippen LogP contribution in [0.2, 0.25) is 0 Å². The quantitative estimate of drug-likeness (QED) is 0.773. The van der Waals surface area contributed by atoms with Gasteiger partial charge in [0.05, 0.1) is 4.90 Å². The van der Waals surface area contributed by atoms with Crippen LogP contribution in [-0.2, 0) is 9.84 Å². The van der Waals surface area contributed by atoms with E-state index in [9.17, 15) is 17.2 Å². The summed E-state index contributed by atoms with van der Waals surface area (Å²) in [6.45, 7) is 4.01. The van der Waals surface area contributed by atoms with Crippen LogP contribution in [-0.4, -0.2) is 25.6 Å². The van der Waals surface area contributed by atoms with Gasteiger partial charge in [0, 0.05) is 17.1 Å². The molecule has 0 saturated heterocycles. The van der Waals surface area contributed by atoms with E-state index >= 15 is 0 Å². The molecule has 0 saturated carbocycles. The molecule has 1 atom stereocenters. The van der Waals surface area contributed by atoms with Crippen molar-refractivity contribution in [3.8, 4) is 0 Å². The van der Waals surface area contributed by atoms with Crippen molar-refractivity contribution in [3.05, 3.63) is 24.3 Å². The van der Waals surface area contributed by atoms with Gasteiger partial charge in [-0.05, 0) is 44.0 Å². The highest BCUT2D eigenvalue weighted by atomic mass is 35.5. The molecule has 1 aromatic rings. The maximum absolute atomic E-state index is 12.4. The number of hydrogen-bond donors (Lipinski definition) is 1. The van der Waals surface area contributed by atoms with E-state index < -0.39 is 15.6 Å². The first-order valence-electron chi connectivity index (χ1n) is 6.21. The van der Waals surface area contributed by atoms with Gasteiger partial charge in [0.25, 0.3) is 0 Å². The Labute approximate surface area is 123 Å². The topological polar surface area (TPSA) is 46.2 Å². The summed E-state index contributed by atoms with van der Waals surface area (Å²) < 4.78 is 47.4. The van der Waals surface area contributed by atoms with Crippen molar-refractivity contribution >= 4 is 27.1 Å². The van der Waals surface area contributed by atoms with Gasteiger partial charge in [0.1, 0.15) is 0 Å². The molecule has 1 unspecified atom stereocenters. The molecule has 0 aliphatic rings. The Balaban J connectivity index is 2.93. The third-order valence-corrected chi connectivity index (χ3v) is 4.88. The lowest BCUT2D eigenvalue weighted by molar-refractivity contribution is 0.234. The minimum absolute atomic E-state index is 0.217. The van der Waals surface area contributed by atoms with Crippen LogP contribution in [0.25, 0.3) is 0 Å². The van der Waals surface area contributed by atoms with E-state index in [0.29, 0.717) is 11.6 Å². The minimum atomic E-state index is -4.54. The first-order valence-corrected chi connectivity index (χ1v) is 8.29. The molecule has 0 fully saturated rings. The van der Waals surface area contributed by atoms with Gasteiger partial charge in [-0.1, -0.05) is 6.92 Å². The lowest BCUT2D eigenvalue weighted by atomic mass is 9.95. The van der Waals surface area contributed by atoms with Crippen molar-refractivity contribution in [2.24, 2.45) is 0 Å². The summed E-state index contributed by atoms with van der Waals surface area (Å²) in [4.78, 5) is -0.381. The van der Waals surface area contributed by atoms with Crippen LogP contribution in [0.15, 0.2) is 29.2 Å². The lowest BCUT2D eigenvalue weighted by Crippen LogP contribution is -2.34. The van der Waals surface area contributed by atoms with Crippen LogP contribution < -0.4 is 5.32 Å². The molecular formula is C13H18ClF2NO2S. The highest BCUT2D eigenvalue weighted by Gasteiger charge is 2.26. The van der Waals surface area contributed by atoms with E-state index in [2.05, 4.69) is 5.32 Å². The summed E-state index contributed by atoms with van der Waals surface area (Å²) in [6, 6.07) is 5.33. The van der Waals surface area contributed by atoms with Crippen molar-refractivity contribution < 1.29 is 17.2 Å². The number of anilines is 1. The van der Waals surface area contributed by atoms with E-state index in [1.54, 1.807) is 0 Å². The van der Waals surface area contributed by atoms with Gasteiger partial charge < -0.3 is 5.32 Å². The van der Waals surface area contributed by atoms with Gasteiger partial charge in [-0.3, -0.25) is 0 Å². The maximum atomic E-state index is 12.4. The summed E-state index contributed by atoms with van der Waals surface area (Å²) in [6.07, 6.45) is 1.57. The summed E-state index contributed by atoms with van der Waals surface area (Å²) in [5, 5.41) is 3.25. The largest absolute Gasteiger partial charge is 0.380 e. The number of rotatable bonds is 7. The van der Waals surface area contributed by atoms with Gasteiger partial charge in [0.2, 0.25) is 9.84 Å². The fourth-order valence-corrected chi connectivity index (χ4v) is 2.85. The molecule has 0 amide bonds. The van der Waals surface area contributed by atoms with E-state index in [0.717, 1.165) is 12.8 Å². The van der Waals surface area contributed by atoms with Crippen LogP contribution >= 0.6 is 11.6 Å². The SMILES string of the molecule is CCC(C)(CCCl)Nc1ccc(S(=O)(=O)C(F)F)cc1. The van der Waals surface area contributed by atoms with Gasteiger partial charge in [-0.2, -0.15) is 8.78 Å². The summed E-state index contributed by atoms with van der Waals surface area (Å²) in [7, 11) is -4.54.